The number of nitrogens with one attached hydrogen (secondary N) is 1. The third kappa shape index (κ3) is 6.18. The average molecular weight is 552 g/mol. The molecule has 1 aliphatic rings. The molecule has 3 aromatic carbocycles. The third-order valence-corrected chi connectivity index (χ3v) is 8.44. The van der Waals surface area contributed by atoms with E-state index in [9.17, 15) is 26.4 Å². The average Bonchev–Trinajstić information content (AvgIpc) is 3.74. The van der Waals surface area contributed by atoms with E-state index in [0.29, 0.717) is 11.3 Å². The lowest BCUT2D eigenvalue weighted by Gasteiger charge is -2.23. The largest absolute Gasteiger partial charge is 0.326 e. The number of rotatable bonds is 9. The maximum Gasteiger partial charge on any atom is 0.243 e. The van der Waals surface area contributed by atoms with Gasteiger partial charge in [0.15, 0.2) is 11.6 Å². The van der Waals surface area contributed by atoms with E-state index < -0.39 is 27.5 Å². The Kier molecular flexibility index (Phi) is 7.49. The van der Waals surface area contributed by atoms with E-state index in [1.807, 2.05) is 12.1 Å². The van der Waals surface area contributed by atoms with E-state index in [1.165, 1.54) is 54.6 Å². The molecule has 5 rings (SSSR count). The predicted octanol–water partition coefficient (Wildman–Crippen LogP) is 5.63. The number of amides is 1. The molecule has 10 heteroatoms. The number of sulfonamides is 1. The Morgan fingerprint density at radius 2 is 1.49 bits per heavy atom. The predicted molar refractivity (Wildman–Crippen MR) is 139 cm³/mol. The van der Waals surface area contributed by atoms with Crippen LogP contribution in [0.2, 0.25) is 0 Å². The van der Waals surface area contributed by atoms with Crippen LogP contribution < -0.4 is 5.32 Å². The van der Waals surface area contributed by atoms with Gasteiger partial charge in [0.25, 0.3) is 0 Å². The number of anilines is 1. The van der Waals surface area contributed by atoms with Crippen molar-refractivity contribution < 1.29 is 26.4 Å². The molecule has 0 saturated heterocycles. The van der Waals surface area contributed by atoms with Gasteiger partial charge in [0.1, 0.15) is 5.82 Å². The van der Waals surface area contributed by atoms with Gasteiger partial charge in [-0.15, -0.1) is 0 Å². The summed E-state index contributed by atoms with van der Waals surface area (Å²) in [5.41, 5.74) is 2.26. The van der Waals surface area contributed by atoms with Gasteiger partial charge in [-0.3, -0.25) is 9.78 Å². The lowest BCUT2D eigenvalue weighted by molar-refractivity contribution is -0.117. The van der Waals surface area contributed by atoms with Crippen molar-refractivity contribution in [3.05, 3.63) is 125 Å². The minimum absolute atomic E-state index is 0.0497. The molecule has 6 nitrogen and oxygen atoms in total. The van der Waals surface area contributed by atoms with Crippen molar-refractivity contribution in [1.29, 1.82) is 0 Å². The molecule has 1 amide bonds. The summed E-state index contributed by atoms with van der Waals surface area (Å²) in [5.74, 6) is -2.79. The molecule has 2 atom stereocenters. The van der Waals surface area contributed by atoms with Gasteiger partial charge >= 0.3 is 0 Å². The van der Waals surface area contributed by atoms with Gasteiger partial charge < -0.3 is 5.32 Å². The maximum absolute atomic E-state index is 13.8. The minimum Gasteiger partial charge on any atom is -0.326 e. The Bertz CT molecular complexity index is 1580. The standard InChI is InChI=1S/C29H24F3N3O3S/c30-22-4-1-19(2-5-22)17-35(18-20-3-10-27(31)28(32)15-20)39(37,38)24-8-6-23(7-9-24)34-29(36)26-16-25(26)21-11-13-33-14-12-21/h1-15,25-26H,16-18H2,(H,34,36). The van der Waals surface area contributed by atoms with Crippen LogP contribution in [0, 0.1) is 23.4 Å². The molecule has 1 fully saturated rings. The maximum atomic E-state index is 13.8. The van der Waals surface area contributed by atoms with Crippen molar-refractivity contribution in [3.63, 3.8) is 0 Å². The Labute approximate surface area is 224 Å². The van der Waals surface area contributed by atoms with Gasteiger partial charge in [-0.1, -0.05) is 18.2 Å². The molecule has 200 valence electrons. The normalized spacial score (nSPS) is 16.7. The van der Waals surface area contributed by atoms with Crippen molar-refractivity contribution in [1.82, 2.24) is 9.29 Å². The van der Waals surface area contributed by atoms with E-state index in [1.54, 1.807) is 12.4 Å². The molecular formula is C29H24F3N3O3S. The van der Waals surface area contributed by atoms with Crippen molar-refractivity contribution in [2.75, 3.05) is 5.32 Å². The fourth-order valence-electron chi connectivity index (χ4n) is 4.42. The second-order valence-electron chi connectivity index (χ2n) is 9.39. The summed E-state index contributed by atoms with van der Waals surface area (Å²) in [6.45, 7) is -0.369. The number of benzene rings is 3. The molecule has 2 unspecified atom stereocenters. The first kappa shape index (κ1) is 26.6. The zero-order valence-corrected chi connectivity index (χ0v) is 21.4. The number of hydrogen-bond acceptors (Lipinski definition) is 4. The van der Waals surface area contributed by atoms with Gasteiger partial charge in [0.2, 0.25) is 15.9 Å². The summed E-state index contributed by atoms with van der Waals surface area (Å²) < 4.78 is 69.0. The highest BCUT2D eigenvalue weighted by Gasteiger charge is 2.43. The zero-order chi connectivity index (χ0) is 27.6. The van der Waals surface area contributed by atoms with Gasteiger partial charge in [-0.2, -0.15) is 4.31 Å². The molecule has 1 saturated carbocycles. The fourth-order valence-corrected chi connectivity index (χ4v) is 5.84. The van der Waals surface area contributed by atoms with Gasteiger partial charge in [-0.05, 0) is 89.7 Å². The molecular weight excluding hydrogens is 527 g/mol. The Balaban J connectivity index is 1.33. The van der Waals surface area contributed by atoms with Crippen molar-refractivity contribution in [2.24, 2.45) is 5.92 Å². The van der Waals surface area contributed by atoms with Crippen LogP contribution in [0.15, 0.2) is 96.2 Å². The van der Waals surface area contributed by atoms with Crippen LogP contribution in [0.1, 0.15) is 29.0 Å². The number of hydrogen-bond donors (Lipinski definition) is 1. The monoisotopic (exact) mass is 551 g/mol. The summed E-state index contributed by atoms with van der Waals surface area (Å²) in [7, 11) is -4.12. The lowest BCUT2D eigenvalue weighted by Crippen LogP contribution is -2.30. The first-order valence-corrected chi connectivity index (χ1v) is 13.6. The Morgan fingerprint density at radius 1 is 0.846 bits per heavy atom. The first-order chi connectivity index (χ1) is 18.7. The van der Waals surface area contributed by atoms with E-state index in [0.717, 1.165) is 28.4 Å². The molecule has 0 bridgehead atoms. The summed E-state index contributed by atoms with van der Waals surface area (Å²) in [5, 5.41) is 2.83. The van der Waals surface area contributed by atoms with Crippen LogP contribution in [0.25, 0.3) is 0 Å². The smallest absolute Gasteiger partial charge is 0.243 e. The topological polar surface area (TPSA) is 79.4 Å². The highest BCUT2D eigenvalue weighted by Crippen LogP contribution is 2.47. The number of carbonyl (C=O) groups excluding carboxylic acids is 1. The van der Waals surface area contributed by atoms with Crippen LogP contribution in [-0.4, -0.2) is 23.6 Å². The minimum atomic E-state index is -4.12. The second-order valence-corrected chi connectivity index (χ2v) is 11.3. The quantitative estimate of drug-likeness (QED) is 0.292. The summed E-state index contributed by atoms with van der Waals surface area (Å²) in [4.78, 5) is 16.6. The van der Waals surface area contributed by atoms with Gasteiger partial charge in [-0.25, -0.2) is 21.6 Å². The Hall–Kier alpha value is -4.02. The summed E-state index contributed by atoms with van der Waals surface area (Å²) in [6, 6.07) is 18.1. The fraction of sp³-hybridized carbons (Fsp3) is 0.172. The molecule has 0 spiro atoms. The van der Waals surface area contributed by atoms with E-state index >= 15 is 0 Å². The molecule has 1 aromatic heterocycles. The van der Waals surface area contributed by atoms with Crippen molar-refractivity contribution in [3.8, 4) is 0 Å². The SMILES string of the molecule is O=C(Nc1ccc(S(=O)(=O)N(Cc2ccc(F)cc2)Cc2ccc(F)c(F)c2)cc1)C1CC1c1ccncc1. The van der Waals surface area contributed by atoms with Crippen LogP contribution in [0.4, 0.5) is 18.9 Å². The van der Waals surface area contributed by atoms with Gasteiger partial charge in [0, 0.05) is 37.1 Å². The molecule has 1 N–H and O–H groups in total. The van der Waals surface area contributed by atoms with Crippen molar-refractivity contribution >= 4 is 21.6 Å². The highest BCUT2D eigenvalue weighted by molar-refractivity contribution is 7.89. The summed E-state index contributed by atoms with van der Waals surface area (Å²) >= 11 is 0. The number of aromatic nitrogens is 1. The van der Waals surface area contributed by atoms with Crippen LogP contribution in [0.5, 0.6) is 0 Å². The summed E-state index contributed by atoms with van der Waals surface area (Å²) in [6.07, 6.45) is 4.10. The second kappa shape index (κ2) is 11.0. The number of nitrogens with zero attached hydrogens (tertiary/aromatic N) is 2. The van der Waals surface area contributed by atoms with Crippen LogP contribution in [-0.2, 0) is 27.9 Å². The molecule has 1 aliphatic carbocycles. The first-order valence-electron chi connectivity index (χ1n) is 12.2. The molecule has 1 heterocycles. The molecule has 0 aliphatic heterocycles. The molecule has 0 radical (unpaired) electrons. The third-order valence-electron chi connectivity index (χ3n) is 6.64. The van der Waals surface area contributed by atoms with E-state index in [4.69, 9.17) is 0 Å². The van der Waals surface area contributed by atoms with E-state index in [2.05, 4.69) is 10.3 Å². The molecule has 4 aromatic rings. The number of halogens is 3. The molecule has 39 heavy (non-hydrogen) atoms. The van der Waals surface area contributed by atoms with E-state index in [-0.39, 0.29) is 41.3 Å². The highest BCUT2D eigenvalue weighted by atomic mass is 32.2. The van der Waals surface area contributed by atoms with Crippen LogP contribution >= 0.6 is 0 Å². The lowest BCUT2D eigenvalue weighted by atomic mass is 10.1. The van der Waals surface area contributed by atoms with Crippen LogP contribution in [0.3, 0.4) is 0 Å². The number of carbonyl (C=O) groups is 1. The van der Waals surface area contributed by atoms with Gasteiger partial charge in [0.05, 0.1) is 4.90 Å². The number of pyridine rings is 1. The van der Waals surface area contributed by atoms with Crippen molar-refractivity contribution in [2.45, 2.75) is 30.3 Å². The zero-order valence-electron chi connectivity index (χ0n) is 20.6. The Morgan fingerprint density at radius 3 is 2.15 bits per heavy atom.